The van der Waals surface area contributed by atoms with Crippen molar-refractivity contribution < 1.29 is 4.42 Å². The molecule has 0 aliphatic rings. The van der Waals surface area contributed by atoms with E-state index in [2.05, 4.69) is 36.4 Å². The average Bonchev–Trinajstić information content (AvgIpc) is 2.52. The van der Waals surface area contributed by atoms with Crippen molar-refractivity contribution in [2.75, 3.05) is 6.61 Å². The van der Waals surface area contributed by atoms with Crippen molar-refractivity contribution in [3.63, 3.8) is 0 Å². The standard InChI is InChI=1S/C19H19O/c1-2-20-19(15-13-17-9-5-3-6-10-17)16-14-18-11-7-4-8-12-18/h3-16H,2H2,1H3/q+1. The summed E-state index contributed by atoms with van der Waals surface area (Å²) in [5.41, 5.74) is 2.33. The van der Waals surface area contributed by atoms with Gasteiger partial charge in [-0.05, 0) is 23.3 Å². The molecule has 1 nitrogen and oxygen atoms in total. The molecule has 0 saturated heterocycles. The lowest BCUT2D eigenvalue weighted by molar-refractivity contribution is -0.450. The lowest BCUT2D eigenvalue weighted by Gasteiger charge is -1.90. The Labute approximate surface area is 120 Å². The quantitative estimate of drug-likeness (QED) is 0.554. The van der Waals surface area contributed by atoms with Crippen molar-refractivity contribution in [3.8, 4) is 0 Å². The Morgan fingerprint density at radius 3 is 1.65 bits per heavy atom. The van der Waals surface area contributed by atoms with Crippen molar-refractivity contribution in [2.45, 2.75) is 6.92 Å². The molecular formula is C19H19O+. The number of allylic oxidation sites excluding steroid dienone is 2. The molecule has 0 radical (unpaired) electrons. The van der Waals surface area contributed by atoms with E-state index < -0.39 is 0 Å². The molecule has 0 fully saturated rings. The van der Waals surface area contributed by atoms with E-state index in [1.165, 1.54) is 0 Å². The van der Waals surface area contributed by atoms with E-state index in [1.807, 2.05) is 55.5 Å². The van der Waals surface area contributed by atoms with Gasteiger partial charge in [-0.25, -0.2) is 0 Å². The lowest BCUT2D eigenvalue weighted by atomic mass is 10.1. The SMILES string of the molecule is CC[O+]=C(C=Cc1ccccc1)C=Cc1ccccc1. The van der Waals surface area contributed by atoms with Crippen LogP contribution in [0.4, 0.5) is 0 Å². The first-order valence-corrected chi connectivity index (χ1v) is 6.84. The monoisotopic (exact) mass is 263 g/mol. The van der Waals surface area contributed by atoms with Gasteiger partial charge in [0.15, 0.2) is 0 Å². The minimum absolute atomic E-state index is 0.660. The maximum Gasteiger partial charge on any atom is 0.343 e. The molecule has 0 bridgehead atoms. The summed E-state index contributed by atoms with van der Waals surface area (Å²) in [6.07, 6.45) is 8.11. The highest BCUT2D eigenvalue weighted by molar-refractivity contribution is 6.04. The zero-order valence-corrected chi connectivity index (χ0v) is 11.7. The summed E-state index contributed by atoms with van der Waals surface area (Å²) in [4.78, 5) is 0. The van der Waals surface area contributed by atoms with Crippen LogP contribution < -0.4 is 0 Å². The zero-order chi connectivity index (χ0) is 14.0. The number of ketones is 1. The van der Waals surface area contributed by atoms with Gasteiger partial charge in [-0.2, -0.15) is 0 Å². The van der Waals surface area contributed by atoms with Crippen LogP contribution in [0.15, 0.2) is 72.8 Å². The Morgan fingerprint density at radius 2 is 1.25 bits per heavy atom. The largest absolute Gasteiger partial charge is 0.343 e. The van der Waals surface area contributed by atoms with E-state index in [0.717, 1.165) is 16.9 Å². The molecule has 100 valence electrons. The van der Waals surface area contributed by atoms with Crippen molar-refractivity contribution in [1.82, 2.24) is 0 Å². The minimum atomic E-state index is 0.660. The van der Waals surface area contributed by atoms with Crippen LogP contribution in [-0.4, -0.2) is 12.4 Å². The summed E-state index contributed by atoms with van der Waals surface area (Å²) >= 11 is 0. The lowest BCUT2D eigenvalue weighted by Crippen LogP contribution is -1.94. The summed E-state index contributed by atoms with van der Waals surface area (Å²) in [6, 6.07) is 20.4. The zero-order valence-electron chi connectivity index (χ0n) is 11.7. The Kier molecular flexibility index (Phi) is 5.53. The second-order valence-electron chi connectivity index (χ2n) is 4.32. The number of carbonyl (C=O) groups excluding carboxylic acids is 1. The summed E-state index contributed by atoms with van der Waals surface area (Å²) < 4.78 is 5.63. The van der Waals surface area contributed by atoms with Gasteiger partial charge in [-0.3, -0.25) is 4.42 Å². The molecule has 0 atom stereocenters. The molecule has 2 rings (SSSR count). The number of hydrogen-bond acceptors (Lipinski definition) is 0. The highest BCUT2D eigenvalue weighted by atomic mass is 16.4. The maximum atomic E-state index is 5.63. The smallest absolute Gasteiger partial charge is 0.255 e. The molecule has 2 aromatic rings. The second kappa shape index (κ2) is 7.90. The fourth-order valence-electron chi connectivity index (χ4n) is 1.80. The van der Waals surface area contributed by atoms with Crippen molar-refractivity contribution >= 4 is 17.9 Å². The molecule has 0 saturated carbocycles. The average molecular weight is 263 g/mol. The van der Waals surface area contributed by atoms with Crippen molar-refractivity contribution in [2.24, 2.45) is 0 Å². The van der Waals surface area contributed by atoms with Crippen LogP contribution in [0.3, 0.4) is 0 Å². The first kappa shape index (κ1) is 14.0. The molecule has 0 aliphatic heterocycles. The molecule has 0 spiro atoms. The van der Waals surface area contributed by atoms with Gasteiger partial charge in [0.05, 0.1) is 0 Å². The topological polar surface area (TPSA) is 11.3 Å². The first-order chi connectivity index (χ1) is 9.88. The summed E-state index contributed by atoms with van der Waals surface area (Å²) in [7, 11) is 0. The molecule has 0 aliphatic carbocycles. The van der Waals surface area contributed by atoms with Gasteiger partial charge in [0, 0.05) is 19.1 Å². The normalized spacial score (nSPS) is 11.1. The number of rotatable bonds is 5. The van der Waals surface area contributed by atoms with E-state index in [4.69, 9.17) is 4.42 Å². The van der Waals surface area contributed by atoms with E-state index in [1.54, 1.807) is 0 Å². The Balaban J connectivity index is 2.10. The van der Waals surface area contributed by atoms with Crippen LogP contribution in [0.2, 0.25) is 0 Å². The van der Waals surface area contributed by atoms with Crippen LogP contribution in [0.1, 0.15) is 18.1 Å². The fraction of sp³-hybridized carbons (Fsp3) is 0.105. The molecule has 1 heteroatoms. The third-order valence-electron chi connectivity index (χ3n) is 2.79. The summed E-state index contributed by atoms with van der Waals surface area (Å²) in [6.45, 7) is 2.65. The van der Waals surface area contributed by atoms with Crippen LogP contribution in [0.25, 0.3) is 12.2 Å². The van der Waals surface area contributed by atoms with E-state index >= 15 is 0 Å². The van der Waals surface area contributed by atoms with E-state index in [9.17, 15) is 0 Å². The minimum Gasteiger partial charge on any atom is -0.255 e. The van der Waals surface area contributed by atoms with Crippen LogP contribution in [-0.2, 0) is 4.42 Å². The number of hydrogen-bond donors (Lipinski definition) is 0. The van der Waals surface area contributed by atoms with Crippen LogP contribution in [0.5, 0.6) is 0 Å². The molecular weight excluding hydrogens is 244 g/mol. The Morgan fingerprint density at radius 1 is 0.800 bits per heavy atom. The van der Waals surface area contributed by atoms with Crippen LogP contribution in [0, 0.1) is 0 Å². The van der Waals surface area contributed by atoms with E-state index in [0.29, 0.717) is 6.61 Å². The Hall–Kier alpha value is -2.41. The predicted octanol–water partition coefficient (Wildman–Crippen LogP) is 4.54. The molecule has 0 aromatic heterocycles. The first-order valence-electron chi connectivity index (χ1n) is 6.84. The molecule has 0 amide bonds. The predicted molar refractivity (Wildman–Crippen MR) is 86.5 cm³/mol. The molecule has 2 aromatic carbocycles. The van der Waals surface area contributed by atoms with Crippen molar-refractivity contribution in [1.29, 1.82) is 0 Å². The second-order valence-corrected chi connectivity index (χ2v) is 4.32. The molecule has 0 N–H and O–H groups in total. The van der Waals surface area contributed by atoms with Gasteiger partial charge in [-0.15, -0.1) is 0 Å². The van der Waals surface area contributed by atoms with Gasteiger partial charge in [-0.1, -0.05) is 60.7 Å². The van der Waals surface area contributed by atoms with Crippen LogP contribution >= 0.6 is 0 Å². The molecule has 0 unspecified atom stereocenters. The van der Waals surface area contributed by atoms with Gasteiger partial charge >= 0.3 is 5.78 Å². The highest BCUT2D eigenvalue weighted by Crippen LogP contribution is 2.04. The van der Waals surface area contributed by atoms with Gasteiger partial charge in [0.1, 0.15) is 0 Å². The molecule has 0 heterocycles. The summed E-state index contributed by atoms with van der Waals surface area (Å²) in [5, 5.41) is 0. The Bertz CT molecular complexity index is 541. The molecule has 20 heavy (non-hydrogen) atoms. The van der Waals surface area contributed by atoms with Crippen molar-refractivity contribution in [3.05, 3.63) is 83.9 Å². The van der Waals surface area contributed by atoms with Gasteiger partial charge in [0.2, 0.25) is 0 Å². The third kappa shape index (κ3) is 4.69. The summed E-state index contributed by atoms with van der Waals surface area (Å²) in [5.74, 6) is 0.861. The van der Waals surface area contributed by atoms with Gasteiger partial charge in [0.25, 0.3) is 6.61 Å². The highest BCUT2D eigenvalue weighted by Gasteiger charge is 2.01. The van der Waals surface area contributed by atoms with Gasteiger partial charge < -0.3 is 0 Å². The van der Waals surface area contributed by atoms with E-state index in [-0.39, 0.29) is 0 Å². The fourth-order valence-corrected chi connectivity index (χ4v) is 1.80. The number of benzene rings is 2. The maximum absolute atomic E-state index is 5.63. The third-order valence-corrected chi connectivity index (χ3v) is 2.79.